The van der Waals surface area contributed by atoms with Crippen LogP contribution >= 0.6 is 0 Å². The molecule has 2 aliphatic heterocycles. The Morgan fingerprint density at radius 2 is 1.96 bits per heavy atom. The van der Waals surface area contributed by atoms with Gasteiger partial charge in [-0.15, -0.1) is 0 Å². The molecule has 2 aromatic rings. The summed E-state index contributed by atoms with van der Waals surface area (Å²) < 4.78 is 62.7. The van der Waals surface area contributed by atoms with Crippen LogP contribution in [-0.2, 0) is 0 Å². The largest absolute Gasteiger partial charge is 0.454 e. The van der Waals surface area contributed by atoms with Crippen molar-refractivity contribution in [3.63, 3.8) is 0 Å². The van der Waals surface area contributed by atoms with Crippen molar-refractivity contribution in [2.75, 3.05) is 6.79 Å². The monoisotopic (exact) mass is 400 g/mol. The maximum atomic E-state index is 13.3. The summed E-state index contributed by atoms with van der Waals surface area (Å²) in [6.07, 6.45) is -7.85. The molecule has 2 N–H and O–H groups in total. The summed E-state index contributed by atoms with van der Waals surface area (Å²) in [7, 11) is 0. The van der Waals surface area contributed by atoms with Crippen LogP contribution in [0.1, 0.15) is 16.9 Å². The molecule has 0 saturated heterocycles. The van der Waals surface area contributed by atoms with Crippen molar-refractivity contribution in [2.24, 2.45) is 5.10 Å². The number of aromatic nitrogens is 2. The molecule has 8 nitrogen and oxygen atoms in total. The van der Waals surface area contributed by atoms with Crippen molar-refractivity contribution in [1.29, 1.82) is 0 Å². The summed E-state index contributed by atoms with van der Waals surface area (Å²) in [5.74, 6) is -0.229. The van der Waals surface area contributed by atoms with Crippen LogP contribution in [0.15, 0.2) is 29.4 Å². The van der Waals surface area contributed by atoms with Crippen LogP contribution < -0.4 is 9.47 Å². The summed E-state index contributed by atoms with van der Waals surface area (Å²) in [5.41, 5.74) is -3.69. The molecule has 0 saturated carbocycles. The minimum absolute atomic E-state index is 0.0316. The molecule has 1 amide bonds. The number of nitrogens with zero attached hydrogens (tertiary/aromatic N) is 3. The van der Waals surface area contributed by atoms with Crippen molar-refractivity contribution < 1.29 is 36.9 Å². The van der Waals surface area contributed by atoms with Crippen molar-refractivity contribution in [3.8, 4) is 22.8 Å². The Morgan fingerprint density at radius 1 is 1.21 bits per heavy atom. The molecule has 0 unspecified atom stereocenters. The molecule has 0 bridgehead atoms. The normalized spacial score (nSPS) is 21.0. The highest BCUT2D eigenvalue weighted by Crippen LogP contribution is 2.37. The Morgan fingerprint density at radius 3 is 2.68 bits per heavy atom. The topological polar surface area (TPSA) is 100 Å². The molecule has 0 fully saturated rings. The van der Waals surface area contributed by atoms with Gasteiger partial charge in [-0.3, -0.25) is 9.89 Å². The van der Waals surface area contributed by atoms with Gasteiger partial charge in [-0.25, -0.2) is 17.6 Å². The summed E-state index contributed by atoms with van der Waals surface area (Å²) in [6, 6.07) is 6.09. The van der Waals surface area contributed by atoms with Crippen LogP contribution in [0.25, 0.3) is 11.3 Å². The molecule has 1 aromatic heterocycles. The first-order valence-electron chi connectivity index (χ1n) is 7.95. The Hall–Kier alpha value is -3.15. The van der Waals surface area contributed by atoms with Gasteiger partial charge in [0.2, 0.25) is 12.5 Å². The van der Waals surface area contributed by atoms with Crippen LogP contribution in [0.2, 0.25) is 0 Å². The first-order valence-corrected chi connectivity index (χ1v) is 7.95. The van der Waals surface area contributed by atoms with E-state index in [4.69, 9.17) is 9.47 Å². The number of nitrogens with one attached hydrogen (secondary N) is 1. The number of amides is 1. The van der Waals surface area contributed by atoms with Gasteiger partial charge in [0.15, 0.2) is 11.5 Å². The quantitative estimate of drug-likeness (QED) is 0.767. The Bertz CT molecular complexity index is 964. The number of carbonyl (C=O) groups excluding carboxylic acids is 1. The molecule has 0 spiro atoms. The van der Waals surface area contributed by atoms with E-state index >= 15 is 0 Å². The number of rotatable bonds is 4. The van der Waals surface area contributed by atoms with Gasteiger partial charge in [0.25, 0.3) is 18.8 Å². The molecule has 2 aliphatic rings. The van der Waals surface area contributed by atoms with Crippen molar-refractivity contribution in [3.05, 3.63) is 30.0 Å². The second-order valence-electron chi connectivity index (χ2n) is 6.10. The van der Waals surface area contributed by atoms with Gasteiger partial charge in [0, 0.05) is 12.0 Å². The van der Waals surface area contributed by atoms with Crippen LogP contribution in [0.3, 0.4) is 0 Å². The predicted molar refractivity (Wildman–Crippen MR) is 85.3 cm³/mol. The number of benzene rings is 1. The molecular formula is C16H12F4N4O4. The van der Waals surface area contributed by atoms with Crippen molar-refractivity contribution in [2.45, 2.75) is 25.0 Å². The fraction of sp³-hybridized carbons (Fsp3) is 0.312. The van der Waals surface area contributed by atoms with Gasteiger partial charge in [-0.2, -0.15) is 15.2 Å². The van der Waals surface area contributed by atoms with E-state index in [0.717, 1.165) is 0 Å². The lowest BCUT2D eigenvalue weighted by molar-refractivity contribution is -0.164. The number of hydrogen-bond acceptors (Lipinski definition) is 6. The zero-order chi connectivity index (χ0) is 20.1. The van der Waals surface area contributed by atoms with Gasteiger partial charge in [-0.1, -0.05) is 0 Å². The SMILES string of the molecule is O=C(c1cc(-c2ccc3c(c2)OCO3)n[nH]1)N1N=C(C(F)F)C[C@@]1(O)C(F)F. The second-order valence-corrected chi connectivity index (χ2v) is 6.10. The Balaban J connectivity index is 1.63. The fourth-order valence-electron chi connectivity index (χ4n) is 2.85. The minimum atomic E-state index is -3.51. The number of H-pyrrole nitrogens is 1. The number of halogens is 4. The zero-order valence-corrected chi connectivity index (χ0v) is 13.9. The van der Waals surface area contributed by atoms with Crippen LogP contribution in [0.5, 0.6) is 11.5 Å². The zero-order valence-electron chi connectivity index (χ0n) is 13.9. The molecule has 1 aromatic carbocycles. The van der Waals surface area contributed by atoms with Gasteiger partial charge in [-0.05, 0) is 24.3 Å². The molecule has 0 radical (unpaired) electrons. The van der Waals surface area contributed by atoms with Gasteiger partial charge < -0.3 is 14.6 Å². The van der Waals surface area contributed by atoms with Gasteiger partial charge in [0.1, 0.15) is 11.4 Å². The number of ether oxygens (including phenoxy) is 2. The van der Waals surface area contributed by atoms with E-state index in [9.17, 15) is 27.5 Å². The van der Waals surface area contributed by atoms with E-state index in [0.29, 0.717) is 17.1 Å². The molecule has 28 heavy (non-hydrogen) atoms. The number of carbonyl (C=O) groups is 1. The Labute approximate surface area is 154 Å². The summed E-state index contributed by atoms with van der Waals surface area (Å²) in [6.45, 7) is 0.0642. The lowest BCUT2D eigenvalue weighted by Crippen LogP contribution is -2.51. The maximum Gasteiger partial charge on any atom is 0.294 e. The first kappa shape index (κ1) is 18.2. The summed E-state index contributed by atoms with van der Waals surface area (Å²) in [5, 5.41) is 19.5. The number of alkyl halides is 4. The van der Waals surface area contributed by atoms with Crippen molar-refractivity contribution >= 4 is 11.6 Å². The van der Waals surface area contributed by atoms with E-state index in [-0.39, 0.29) is 23.2 Å². The number of aromatic amines is 1. The minimum Gasteiger partial charge on any atom is -0.454 e. The van der Waals surface area contributed by atoms with Crippen LogP contribution in [0.4, 0.5) is 17.6 Å². The van der Waals surface area contributed by atoms with E-state index in [2.05, 4.69) is 15.3 Å². The average molecular weight is 400 g/mol. The first-order chi connectivity index (χ1) is 13.3. The summed E-state index contributed by atoms with van der Waals surface area (Å²) in [4.78, 5) is 12.5. The molecule has 3 heterocycles. The van der Waals surface area contributed by atoms with E-state index in [1.165, 1.54) is 6.07 Å². The molecule has 0 aliphatic carbocycles. The highest BCUT2D eigenvalue weighted by atomic mass is 19.3. The number of fused-ring (bicyclic) bond motifs is 1. The predicted octanol–water partition coefficient (Wildman–Crippen LogP) is 2.23. The highest BCUT2D eigenvalue weighted by molar-refractivity contribution is 5.98. The van der Waals surface area contributed by atoms with Gasteiger partial charge >= 0.3 is 0 Å². The Kier molecular flexibility index (Phi) is 4.22. The van der Waals surface area contributed by atoms with Crippen LogP contribution in [0, 0.1) is 0 Å². The third-order valence-corrected chi connectivity index (χ3v) is 4.31. The summed E-state index contributed by atoms with van der Waals surface area (Å²) >= 11 is 0. The van der Waals surface area contributed by atoms with E-state index < -0.39 is 36.6 Å². The molecule has 148 valence electrons. The maximum absolute atomic E-state index is 13.3. The van der Waals surface area contributed by atoms with E-state index in [1.807, 2.05) is 0 Å². The lowest BCUT2D eigenvalue weighted by Gasteiger charge is -2.29. The fourth-order valence-corrected chi connectivity index (χ4v) is 2.85. The van der Waals surface area contributed by atoms with Crippen molar-refractivity contribution in [1.82, 2.24) is 15.2 Å². The number of hydrazone groups is 1. The van der Waals surface area contributed by atoms with E-state index in [1.54, 1.807) is 18.2 Å². The highest BCUT2D eigenvalue weighted by Gasteiger charge is 2.53. The molecule has 4 rings (SSSR count). The molecular weight excluding hydrogens is 388 g/mol. The number of hydrogen-bond donors (Lipinski definition) is 2. The third kappa shape index (κ3) is 2.85. The van der Waals surface area contributed by atoms with Crippen LogP contribution in [-0.4, -0.2) is 57.3 Å². The lowest BCUT2D eigenvalue weighted by atomic mass is 10.1. The standard InChI is InChI=1S/C16H12F4N4O4/c17-13(18)10-5-16(26,15(19)20)24(23-10)14(25)9-4-8(21-22-9)7-1-2-11-12(3-7)28-6-27-11/h1-4,13,15,26H,5-6H2,(H,21,22)/t16-/m1/s1. The molecule has 1 atom stereocenters. The smallest absolute Gasteiger partial charge is 0.294 e. The molecule has 12 heteroatoms. The average Bonchev–Trinajstić information content (AvgIpc) is 3.38. The second kappa shape index (κ2) is 6.48. The third-order valence-electron chi connectivity index (χ3n) is 4.31. The number of aliphatic hydroxyl groups is 1. The van der Waals surface area contributed by atoms with Gasteiger partial charge in [0.05, 0.1) is 5.69 Å².